The Morgan fingerprint density at radius 1 is 1.16 bits per heavy atom. The second-order valence-corrected chi connectivity index (χ2v) is 8.76. The number of aldehydes is 1. The van der Waals surface area contributed by atoms with Gasteiger partial charge in [0.1, 0.15) is 0 Å². The number of pyridine rings is 1. The summed E-state index contributed by atoms with van der Waals surface area (Å²) >= 11 is 0. The molecule has 0 spiro atoms. The summed E-state index contributed by atoms with van der Waals surface area (Å²) in [6.45, 7) is 7.61. The normalized spacial score (nSPS) is 9.81. The van der Waals surface area contributed by atoms with Gasteiger partial charge in [-0.05, 0) is 69.1 Å². The summed E-state index contributed by atoms with van der Waals surface area (Å²) in [6.07, 6.45) is 4.89. The SMILES string of the molecule is CCCN.CCNC(=O)c1ccc(C)c(N(C(=N)c2c(C)c(C=O)cn2[N-]C)C(=O)OCOC(=O)c2cccnc2)c1.[Na+]. The van der Waals surface area contributed by atoms with E-state index in [4.69, 9.17) is 20.6 Å². The van der Waals surface area contributed by atoms with Gasteiger partial charge in [-0.3, -0.25) is 20.0 Å². The summed E-state index contributed by atoms with van der Waals surface area (Å²) in [5.74, 6) is -1.50. The first-order chi connectivity index (χ1) is 20.1. The molecule has 2 aromatic heterocycles. The smallest absolute Gasteiger partial charge is 0.619 e. The van der Waals surface area contributed by atoms with Gasteiger partial charge in [0.15, 0.2) is 12.1 Å². The van der Waals surface area contributed by atoms with Crippen LogP contribution < -0.4 is 45.5 Å². The predicted molar refractivity (Wildman–Crippen MR) is 158 cm³/mol. The topological polar surface area (TPSA) is 184 Å². The number of nitrogens with two attached hydrogens (primary N) is 1. The van der Waals surface area contributed by atoms with Crippen LogP contribution in [-0.4, -0.2) is 66.7 Å². The minimum Gasteiger partial charge on any atom is -0.619 e. The maximum Gasteiger partial charge on any atom is 1.00 e. The number of nitrogens with zero attached hydrogens (tertiary/aromatic N) is 4. The Bertz CT molecular complexity index is 1410. The van der Waals surface area contributed by atoms with Crippen molar-refractivity contribution in [2.24, 2.45) is 5.73 Å². The molecule has 0 atom stereocenters. The van der Waals surface area contributed by atoms with Gasteiger partial charge in [-0.25, -0.2) is 14.5 Å². The van der Waals surface area contributed by atoms with Gasteiger partial charge in [0.2, 0.25) is 6.79 Å². The summed E-state index contributed by atoms with van der Waals surface area (Å²) in [4.78, 5) is 54.4. The van der Waals surface area contributed by atoms with Crippen LogP contribution in [-0.2, 0) is 9.47 Å². The first kappa shape index (κ1) is 37.0. The Morgan fingerprint density at radius 2 is 1.86 bits per heavy atom. The third-order valence-corrected chi connectivity index (χ3v) is 5.86. The van der Waals surface area contributed by atoms with Crippen LogP contribution in [0, 0.1) is 19.3 Å². The van der Waals surface area contributed by atoms with Crippen molar-refractivity contribution in [3.8, 4) is 0 Å². The molecule has 0 unspecified atom stereocenters. The van der Waals surface area contributed by atoms with Gasteiger partial charge in [0.05, 0.1) is 16.9 Å². The van der Waals surface area contributed by atoms with Crippen molar-refractivity contribution in [2.45, 2.75) is 34.1 Å². The summed E-state index contributed by atoms with van der Waals surface area (Å²) in [6, 6.07) is 7.71. The first-order valence-corrected chi connectivity index (χ1v) is 13.1. The van der Waals surface area contributed by atoms with Crippen LogP contribution in [0.25, 0.3) is 5.43 Å². The Kier molecular flexibility index (Phi) is 15.9. The number of aromatic nitrogens is 2. The molecule has 2 amide bonds. The number of amides is 2. The molecule has 0 bridgehead atoms. The van der Waals surface area contributed by atoms with E-state index in [1.807, 2.05) is 0 Å². The molecular weight excluding hydrogens is 565 g/mol. The number of amidine groups is 1. The Hall–Kier alpha value is -4.04. The molecule has 0 fully saturated rings. The molecule has 224 valence electrons. The number of nitrogens with one attached hydrogen (secondary N) is 2. The largest absolute Gasteiger partial charge is 1.00 e. The first-order valence-electron chi connectivity index (χ1n) is 13.1. The van der Waals surface area contributed by atoms with E-state index < -0.39 is 18.9 Å². The maximum absolute atomic E-state index is 13.4. The van der Waals surface area contributed by atoms with Crippen LogP contribution in [0.1, 0.15) is 68.2 Å². The summed E-state index contributed by atoms with van der Waals surface area (Å²) in [5.41, 5.74) is 11.1. The molecular formula is C29H36N7NaO6. The summed E-state index contributed by atoms with van der Waals surface area (Å²) < 4.78 is 11.5. The van der Waals surface area contributed by atoms with Gasteiger partial charge in [-0.1, -0.05) is 13.0 Å². The minimum absolute atomic E-state index is 0. The minimum atomic E-state index is -1.05. The number of carbonyl (C=O) groups excluding carboxylic acids is 4. The molecule has 0 aliphatic heterocycles. The number of hydrogen-bond acceptors (Lipinski definition) is 9. The molecule has 3 rings (SSSR count). The predicted octanol–water partition coefficient (Wildman–Crippen LogP) is 0.971. The number of hydrogen-bond donors (Lipinski definition) is 3. The quantitative estimate of drug-likeness (QED) is 0.0767. The van der Waals surface area contributed by atoms with E-state index in [0.29, 0.717) is 24.0 Å². The van der Waals surface area contributed by atoms with Crippen LogP contribution in [0.3, 0.4) is 0 Å². The fourth-order valence-corrected chi connectivity index (χ4v) is 3.60. The molecule has 3 aromatic rings. The summed E-state index contributed by atoms with van der Waals surface area (Å²) in [7, 11) is 1.46. The number of esters is 1. The van der Waals surface area contributed by atoms with Gasteiger partial charge in [-0.2, -0.15) is 0 Å². The molecule has 0 saturated heterocycles. The van der Waals surface area contributed by atoms with Gasteiger partial charge in [0.25, 0.3) is 5.91 Å². The zero-order valence-corrected chi connectivity index (χ0v) is 27.3. The van der Waals surface area contributed by atoms with E-state index in [2.05, 4.69) is 22.7 Å². The number of benzene rings is 1. The zero-order chi connectivity index (χ0) is 31.2. The molecule has 0 aliphatic rings. The Morgan fingerprint density at radius 3 is 2.42 bits per heavy atom. The monoisotopic (exact) mass is 601 g/mol. The summed E-state index contributed by atoms with van der Waals surface area (Å²) in [5, 5.41) is 11.6. The van der Waals surface area contributed by atoms with Crippen LogP contribution in [0.15, 0.2) is 48.9 Å². The Labute approximate surface area is 272 Å². The maximum atomic E-state index is 13.4. The van der Waals surface area contributed by atoms with Crippen LogP contribution in [0.5, 0.6) is 0 Å². The van der Waals surface area contributed by atoms with Crippen LogP contribution in [0.2, 0.25) is 0 Å². The molecule has 1 aromatic carbocycles. The van der Waals surface area contributed by atoms with E-state index in [9.17, 15) is 19.2 Å². The third-order valence-electron chi connectivity index (χ3n) is 5.86. The molecule has 0 aliphatic carbocycles. The fraction of sp³-hybridized carbons (Fsp3) is 0.310. The standard InChI is InChI=1S/C26H27N6O6.C3H9N.Na/c1-5-30-24(34)18-9-8-16(2)21(11-18)32(23(27)22-17(3)20(14-33)13-31(22)28-4)26(36)38-15-37-25(35)19-7-6-10-29-12-19;1-2-3-4;/h6-14,27H,5,15H2,1-4H3,(H,30,34);2-4H2,1H3;/q-1;;+1. The third kappa shape index (κ3) is 9.75. The van der Waals surface area contributed by atoms with Crippen LogP contribution in [0.4, 0.5) is 10.5 Å². The molecule has 14 heteroatoms. The average Bonchev–Trinajstić information content (AvgIpc) is 3.33. The van der Waals surface area contributed by atoms with E-state index >= 15 is 0 Å². The molecule has 0 saturated carbocycles. The molecule has 13 nitrogen and oxygen atoms in total. The van der Waals surface area contributed by atoms with E-state index in [0.717, 1.165) is 17.9 Å². The van der Waals surface area contributed by atoms with Gasteiger partial charge in [0, 0.05) is 36.3 Å². The van der Waals surface area contributed by atoms with E-state index in [1.165, 1.54) is 42.4 Å². The Balaban J connectivity index is 0.00000174. The van der Waals surface area contributed by atoms with E-state index in [-0.39, 0.29) is 69.4 Å². The van der Waals surface area contributed by atoms with Gasteiger partial charge >= 0.3 is 41.6 Å². The van der Waals surface area contributed by atoms with Crippen molar-refractivity contribution in [2.75, 3.05) is 31.8 Å². The molecule has 43 heavy (non-hydrogen) atoms. The average molecular weight is 602 g/mol. The number of ether oxygens (including phenoxy) is 2. The second-order valence-electron chi connectivity index (χ2n) is 8.76. The van der Waals surface area contributed by atoms with Crippen molar-refractivity contribution >= 4 is 35.8 Å². The fourth-order valence-electron chi connectivity index (χ4n) is 3.60. The van der Waals surface area contributed by atoms with E-state index in [1.54, 1.807) is 39.0 Å². The van der Waals surface area contributed by atoms with Gasteiger partial charge in [-0.15, -0.1) is 7.05 Å². The second kappa shape index (κ2) is 18.5. The van der Waals surface area contributed by atoms with Gasteiger partial charge < -0.3 is 30.6 Å². The number of anilines is 1. The van der Waals surface area contributed by atoms with Crippen molar-refractivity contribution < 1.29 is 58.2 Å². The van der Waals surface area contributed by atoms with Crippen molar-refractivity contribution in [3.05, 3.63) is 87.9 Å². The number of carbonyl (C=O) groups is 4. The van der Waals surface area contributed by atoms with Crippen LogP contribution >= 0.6 is 0 Å². The van der Waals surface area contributed by atoms with Crippen molar-refractivity contribution in [3.63, 3.8) is 0 Å². The van der Waals surface area contributed by atoms with Crippen molar-refractivity contribution in [1.29, 1.82) is 5.41 Å². The molecule has 2 heterocycles. The van der Waals surface area contributed by atoms with Crippen molar-refractivity contribution in [1.82, 2.24) is 15.0 Å². The molecule has 4 N–H and O–H groups in total. The molecule has 0 radical (unpaired) electrons. The number of rotatable bonds is 10. The number of aryl methyl sites for hydroxylation is 1. The zero-order valence-electron chi connectivity index (χ0n) is 25.3.